The van der Waals surface area contributed by atoms with Crippen LogP contribution in [0, 0.1) is 27.4 Å². The van der Waals surface area contributed by atoms with Crippen LogP contribution in [0.15, 0.2) is 18.2 Å². The van der Waals surface area contributed by atoms with Gasteiger partial charge in [0.15, 0.2) is 0 Å². The summed E-state index contributed by atoms with van der Waals surface area (Å²) < 4.78 is 0. The van der Waals surface area contributed by atoms with E-state index in [9.17, 15) is 10.1 Å². The number of aliphatic hydroxyl groups is 1. The summed E-state index contributed by atoms with van der Waals surface area (Å²) in [6.45, 7) is 4.06. The third-order valence-electron chi connectivity index (χ3n) is 2.91. The van der Waals surface area contributed by atoms with Gasteiger partial charge in [0.2, 0.25) is 0 Å². The summed E-state index contributed by atoms with van der Waals surface area (Å²) in [6.07, 6.45) is 0.561. The van der Waals surface area contributed by atoms with Crippen LogP contribution in [0.5, 0.6) is 0 Å². The maximum atomic E-state index is 10.9. The van der Waals surface area contributed by atoms with Gasteiger partial charge in [-0.1, -0.05) is 13.8 Å². The van der Waals surface area contributed by atoms with Crippen molar-refractivity contribution in [3.8, 4) is 6.07 Å². The molecule has 19 heavy (non-hydrogen) atoms. The van der Waals surface area contributed by atoms with Crippen LogP contribution in [0.1, 0.15) is 25.8 Å². The van der Waals surface area contributed by atoms with Gasteiger partial charge in [0.25, 0.3) is 5.69 Å². The number of rotatable bonds is 6. The number of nitrogens with zero attached hydrogens (tertiary/aromatic N) is 2. The summed E-state index contributed by atoms with van der Waals surface area (Å²) in [7, 11) is 0. The molecular weight excluding hydrogens is 246 g/mol. The highest BCUT2D eigenvalue weighted by atomic mass is 16.6. The molecule has 102 valence electrons. The second-order valence-electron chi connectivity index (χ2n) is 4.61. The lowest BCUT2D eigenvalue weighted by Crippen LogP contribution is -2.26. The van der Waals surface area contributed by atoms with Gasteiger partial charge in [0, 0.05) is 24.4 Å². The highest BCUT2D eigenvalue weighted by Gasteiger charge is 2.17. The average molecular weight is 263 g/mol. The number of hydrogen-bond donors (Lipinski definition) is 2. The lowest BCUT2D eigenvalue weighted by molar-refractivity contribution is -0.385. The predicted molar refractivity (Wildman–Crippen MR) is 71.8 cm³/mol. The second kappa shape index (κ2) is 6.71. The van der Waals surface area contributed by atoms with E-state index in [2.05, 4.69) is 5.32 Å². The van der Waals surface area contributed by atoms with E-state index in [0.29, 0.717) is 12.1 Å². The van der Waals surface area contributed by atoms with E-state index in [0.717, 1.165) is 0 Å². The van der Waals surface area contributed by atoms with E-state index in [4.69, 9.17) is 10.4 Å². The molecule has 0 amide bonds. The first-order chi connectivity index (χ1) is 8.99. The lowest BCUT2D eigenvalue weighted by atomic mass is 10.0. The molecule has 0 heterocycles. The minimum absolute atomic E-state index is 0.0255. The number of nitro benzene ring substituents is 1. The fourth-order valence-electron chi connectivity index (χ4n) is 1.79. The summed E-state index contributed by atoms with van der Waals surface area (Å²) in [5.41, 5.74) is 0.413. The first-order valence-corrected chi connectivity index (χ1v) is 6.05. The monoisotopic (exact) mass is 263 g/mol. The van der Waals surface area contributed by atoms with Crippen molar-refractivity contribution < 1.29 is 10.0 Å². The molecule has 0 aliphatic rings. The van der Waals surface area contributed by atoms with Crippen LogP contribution in [0.25, 0.3) is 0 Å². The van der Waals surface area contributed by atoms with Crippen LogP contribution < -0.4 is 5.32 Å². The number of benzene rings is 1. The molecule has 6 heteroatoms. The van der Waals surface area contributed by atoms with E-state index in [-0.39, 0.29) is 29.8 Å². The van der Waals surface area contributed by atoms with Gasteiger partial charge in [0.1, 0.15) is 11.6 Å². The van der Waals surface area contributed by atoms with E-state index in [1.807, 2.05) is 13.8 Å². The third kappa shape index (κ3) is 3.93. The Balaban J connectivity index is 2.99. The molecule has 0 radical (unpaired) electrons. The molecule has 2 N–H and O–H groups in total. The van der Waals surface area contributed by atoms with Crippen LogP contribution in [-0.2, 0) is 0 Å². The van der Waals surface area contributed by atoms with Gasteiger partial charge in [-0.3, -0.25) is 10.1 Å². The van der Waals surface area contributed by atoms with Crippen molar-refractivity contribution in [3.05, 3.63) is 33.9 Å². The fraction of sp³-hybridized carbons (Fsp3) is 0.462. The zero-order valence-electron chi connectivity index (χ0n) is 11.0. The van der Waals surface area contributed by atoms with Crippen molar-refractivity contribution in [2.24, 2.45) is 5.92 Å². The largest absolute Gasteiger partial charge is 0.396 e. The van der Waals surface area contributed by atoms with Gasteiger partial charge in [-0.25, -0.2) is 0 Å². The van der Waals surface area contributed by atoms with E-state index >= 15 is 0 Å². The first kappa shape index (κ1) is 14.9. The Morgan fingerprint density at radius 1 is 1.53 bits per heavy atom. The number of hydrogen-bond acceptors (Lipinski definition) is 5. The topological polar surface area (TPSA) is 99.2 Å². The number of nitro groups is 1. The zero-order valence-corrected chi connectivity index (χ0v) is 11.0. The Morgan fingerprint density at radius 2 is 2.21 bits per heavy atom. The van der Waals surface area contributed by atoms with E-state index in [1.54, 1.807) is 12.1 Å². The molecular formula is C13H17N3O3. The van der Waals surface area contributed by atoms with Crippen molar-refractivity contribution in [1.29, 1.82) is 5.26 Å². The summed E-state index contributed by atoms with van der Waals surface area (Å²) in [6, 6.07) is 6.24. The molecule has 1 rings (SSSR count). The number of nitrogens with one attached hydrogen (secondary N) is 1. The smallest absolute Gasteiger partial charge is 0.289 e. The summed E-state index contributed by atoms with van der Waals surface area (Å²) in [4.78, 5) is 10.3. The van der Waals surface area contributed by atoms with Gasteiger partial charge >= 0.3 is 0 Å². The van der Waals surface area contributed by atoms with Gasteiger partial charge < -0.3 is 10.4 Å². The number of anilines is 1. The van der Waals surface area contributed by atoms with Gasteiger partial charge in [-0.05, 0) is 24.5 Å². The Hall–Kier alpha value is -2.13. The molecule has 1 atom stereocenters. The summed E-state index contributed by atoms with van der Waals surface area (Å²) in [5, 5.41) is 31.8. The minimum Gasteiger partial charge on any atom is -0.396 e. The van der Waals surface area contributed by atoms with Gasteiger partial charge in [-0.2, -0.15) is 5.26 Å². The normalized spacial score (nSPS) is 11.9. The van der Waals surface area contributed by atoms with Crippen molar-refractivity contribution in [3.63, 3.8) is 0 Å². The van der Waals surface area contributed by atoms with Crippen LogP contribution in [0.3, 0.4) is 0 Å². The maximum Gasteiger partial charge on any atom is 0.289 e. The summed E-state index contributed by atoms with van der Waals surface area (Å²) in [5.74, 6) is 0.279. The lowest BCUT2D eigenvalue weighted by Gasteiger charge is -2.22. The molecule has 0 fully saturated rings. The van der Waals surface area contributed by atoms with Crippen molar-refractivity contribution in [2.75, 3.05) is 11.9 Å². The molecule has 0 saturated carbocycles. The molecule has 0 aromatic heterocycles. The Labute approximate surface area is 111 Å². The molecule has 0 aliphatic heterocycles. The predicted octanol–water partition coefficient (Wildman–Crippen LogP) is 2.29. The van der Waals surface area contributed by atoms with E-state index < -0.39 is 4.92 Å². The molecule has 1 unspecified atom stereocenters. The quantitative estimate of drug-likeness (QED) is 0.606. The van der Waals surface area contributed by atoms with Crippen LogP contribution in [0.2, 0.25) is 0 Å². The first-order valence-electron chi connectivity index (χ1n) is 6.05. The molecule has 1 aromatic rings. The SMILES string of the molecule is CC(C)C(CCO)Nc1ccc(C#N)c([N+](=O)[O-])c1. The van der Waals surface area contributed by atoms with Crippen LogP contribution in [-0.4, -0.2) is 22.7 Å². The average Bonchev–Trinajstić information content (AvgIpc) is 2.37. The number of aliphatic hydroxyl groups excluding tert-OH is 1. The standard InChI is InChI=1S/C13H17N3O3/c1-9(2)12(5-6-17)15-11-4-3-10(8-14)13(7-11)16(18)19/h3-4,7,9,12,15,17H,5-6H2,1-2H3. The fourth-order valence-corrected chi connectivity index (χ4v) is 1.79. The molecule has 1 aromatic carbocycles. The molecule has 0 aliphatic carbocycles. The Morgan fingerprint density at radius 3 is 2.68 bits per heavy atom. The second-order valence-corrected chi connectivity index (χ2v) is 4.61. The zero-order chi connectivity index (χ0) is 14.4. The number of nitriles is 1. The molecule has 0 saturated heterocycles. The molecule has 0 bridgehead atoms. The minimum atomic E-state index is -0.569. The van der Waals surface area contributed by atoms with Gasteiger partial charge in [0.05, 0.1) is 4.92 Å². The summed E-state index contributed by atoms with van der Waals surface area (Å²) >= 11 is 0. The Bertz CT molecular complexity index is 494. The van der Waals surface area contributed by atoms with E-state index in [1.165, 1.54) is 12.1 Å². The Kier molecular flexibility index (Phi) is 5.27. The van der Waals surface area contributed by atoms with Crippen LogP contribution >= 0.6 is 0 Å². The van der Waals surface area contributed by atoms with Crippen LogP contribution in [0.4, 0.5) is 11.4 Å². The van der Waals surface area contributed by atoms with Crippen molar-refractivity contribution >= 4 is 11.4 Å². The maximum absolute atomic E-state index is 10.9. The molecule has 0 spiro atoms. The highest BCUT2D eigenvalue weighted by molar-refractivity contribution is 5.59. The third-order valence-corrected chi connectivity index (χ3v) is 2.91. The highest BCUT2D eigenvalue weighted by Crippen LogP contribution is 2.24. The van der Waals surface area contributed by atoms with Gasteiger partial charge in [-0.15, -0.1) is 0 Å². The molecule has 6 nitrogen and oxygen atoms in total. The van der Waals surface area contributed by atoms with Crippen molar-refractivity contribution in [1.82, 2.24) is 0 Å². The van der Waals surface area contributed by atoms with Crippen molar-refractivity contribution in [2.45, 2.75) is 26.3 Å².